The predicted octanol–water partition coefficient (Wildman–Crippen LogP) is 7.44. The van der Waals surface area contributed by atoms with Gasteiger partial charge in [-0.05, 0) is 49.6 Å². The van der Waals surface area contributed by atoms with Gasteiger partial charge in [0, 0.05) is 24.5 Å². The van der Waals surface area contributed by atoms with Gasteiger partial charge in [-0.25, -0.2) is 9.59 Å². The molecule has 2 N–H and O–H groups in total. The van der Waals surface area contributed by atoms with Crippen LogP contribution in [-0.2, 0) is 4.74 Å². The smallest absolute Gasteiger partial charge is 0.343 e. The zero-order valence-corrected chi connectivity index (χ0v) is 30.1. The van der Waals surface area contributed by atoms with Crippen LogP contribution in [0.4, 0.5) is 0 Å². The van der Waals surface area contributed by atoms with Crippen LogP contribution in [0.5, 0.6) is 5.75 Å². The highest BCUT2D eigenvalue weighted by Gasteiger charge is 2.45. The van der Waals surface area contributed by atoms with Gasteiger partial charge in [-0.1, -0.05) is 125 Å². The van der Waals surface area contributed by atoms with E-state index in [1.807, 2.05) is 84.9 Å². The highest BCUT2D eigenvalue weighted by Crippen LogP contribution is 2.72. The average Bonchev–Trinajstić information content (AvgIpc) is 3.11. The molecule has 0 radical (unpaired) electrons. The second kappa shape index (κ2) is 21.3. The third-order valence-electron chi connectivity index (χ3n) is 8.49. The molecule has 0 unspecified atom stereocenters. The summed E-state index contributed by atoms with van der Waals surface area (Å²) in [5.41, 5.74) is 2.76. The standard InChI is InChI=1S/C41H48O4P.ClH.H2O/c1-4-7-29-46(30-8-5-2,31-9-6-3)39(36-27-19-20-28-37(36)44-40(42)34-23-15-11-16-24-34)32-38(33-21-13-10-14-22-33)45-41(43)35-25-17-12-18-26-35;;/h10-28,32,39H,4-9,29-31H2,1-3H3;1H;1H2/q+1;;/p-1/b38-32-;;/t39-;;/m0../s1. The Bertz CT molecular complexity index is 1520. The number of hydrogen-bond donors (Lipinski definition) is 0. The van der Waals surface area contributed by atoms with Crippen molar-refractivity contribution in [3.8, 4) is 5.75 Å². The number of carbonyl (C=O) groups excluding carboxylic acids is 2. The van der Waals surface area contributed by atoms with Crippen LogP contribution in [0.15, 0.2) is 121 Å². The van der Waals surface area contributed by atoms with Crippen molar-refractivity contribution >= 4 is 25.0 Å². The van der Waals surface area contributed by atoms with E-state index in [0.717, 1.165) is 68.1 Å². The first-order valence-corrected chi connectivity index (χ1v) is 19.2. The molecule has 0 bridgehead atoms. The number of halogens is 1. The van der Waals surface area contributed by atoms with Gasteiger partial charge in [-0.3, -0.25) is 0 Å². The van der Waals surface area contributed by atoms with E-state index in [4.69, 9.17) is 9.47 Å². The van der Waals surface area contributed by atoms with E-state index in [9.17, 15) is 9.59 Å². The van der Waals surface area contributed by atoms with Gasteiger partial charge in [-0.15, -0.1) is 0 Å². The van der Waals surface area contributed by atoms with Crippen LogP contribution in [-0.4, -0.2) is 35.9 Å². The topological polar surface area (TPSA) is 84.1 Å². The molecule has 5 nitrogen and oxygen atoms in total. The molecular weight excluding hydrogens is 639 g/mol. The number of unbranched alkanes of at least 4 members (excludes halogenated alkanes) is 3. The number of allylic oxidation sites excluding steroid dienone is 1. The monoisotopic (exact) mass is 688 g/mol. The lowest BCUT2D eigenvalue weighted by Crippen LogP contribution is -3.00. The SMILES string of the molecule is CCCC[P+](CCCC)(CCCC)[C@@H](/C=C(\OC(=O)c1ccccc1)c1ccccc1)c1ccccc1OC(=O)c1ccccc1.O.[Cl-]. The van der Waals surface area contributed by atoms with E-state index >= 15 is 0 Å². The van der Waals surface area contributed by atoms with Gasteiger partial charge in [0.1, 0.15) is 17.2 Å². The quantitative estimate of drug-likeness (QED) is 0.0500. The first-order chi connectivity index (χ1) is 22.5. The van der Waals surface area contributed by atoms with E-state index in [1.54, 1.807) is 24.3 Å². The zero-order valence-electron chi connectivity index (χ0n) is 28.4. The molecule has 4 aromatic rings. The van der Waals surface area contributed by atoms with Crippen LogP contribution in [0.2, 0.25) is 0 Å². The molecule has 0 saturated heterocycles. The molecule has 7 heteroatoms. The van der Waals surface area contributed by atoms with Crippen molar-refractivity contribution in [3.63, 3.8) is 0 Å². The van der Waals surface area contributed by atoms with Crippen LogP contribution in [0.25, 0.3) is 5.76 Å². The number of carbonyl (C=O) groups is 2. The Kier molecular flexibility index (Phi) is 17.9. The van der Waals surface area contributed by atoms with Crippen molar-refractivity contribution in [3.05, 3.63) is 144 Å². The van der Waals surface area contributed by atoms with E-state index in [1.165, 1.54) is 0 Å². The number of esters is 2. The van der Waals surface area contributed by atoms with E-state index in [0.29, 0.717) is 22.6 Å². The first-order valence-electron chi connectivity index (χ1n) is 16.8. The molecule has 0 aliphatic heterocycles. The fourth-order valence-corrected chi connectivity index (χ4v) is 11.5. The molecule has 1 atom stereocenters. The van der Waals surface area contributed by atoms with Gasteiger partial charge in [0.25, 0.3) is 0 Å². The van der Waals surface area contributed by atoms with Gasteiger partial charge in [0.15, 0.2) is 0 Å². The molecule has 0 spiro atoms. The number of para-hydroxylation sites is 1. The molecule has 0 fully saturated rings. The molecular formula is C41H50ClO5P. The highest BCUT2D eigenvalue weighted by atomic mass is 35.5. The summed E-state index contributed by atoms with van der Waals surface area (Å²) in [6, 6.07) is 36.1. The number of ether oxygens (including phenoxy) is 2. The van der Waals surface area contributed by atoms with E-state index in [2.05, 4.69) is 32.9 Å². The van der Waals surface area contributed by atoms with Crippen molar-refractivity contribution in [2.45, 2.75) is 65.0 Å². The predicted molar refractivity (Wildman–Crippen MR) is 197 cm³/mol. The van der Waals surface area contributed by atoms with Gasteiger partial charge < -0.3 is 27.4 Å². The number of hydrogen-bond acceptors (Lipinski definition) is 4. The first kappa shape index (κ1) is 40.4. The van der Waals surface area contributed by atoms with Crippen molar-refractivity contribution in [2.24, 2.45) is 0 Å². The second-order valence-electron chi connectivity index (χ2n) is 11.8. The maximum absolute atomic E-state index is 13.6. The Morgan fingerprint density at radius 3 is 1.50 bits per heavy atom. The number of rotatable bonds is 17. The summed E-state index contributed by atoms with van der Waals surface area (Å²) in [6.07, 6.45) is 12.3. The van der Waals surface area contributed by atoms with E-state index < -0.39 is 13.2 Å². The minimum atomic E-state index is -1.77. The Hall–Kier alpha value is -3.76. The molecule has 0 aromatic heterocycles. The summed E-state index contributed by atoms with van der Waals surface area (Å²) in [7, 11) is -1.77. The van der Waals surface area contributed by atoms with Crippen LogP contribution in [0, 0.1) is 0 Å². The van der Waals surface area contributed by atoms with Gasteiger partial charge in [0.2, 0.25) is 0 Å². The fourth-order valence-electron chi connectivity index (χ4n) is 5.93. The molecule has 4 rings (SSSR count). The largest absolute Gasteiger partial charge is 1.00 e. The molecule has 0 saturated carbocycles. The Balaban J connectivity index is 0.00000400. The Morgan fingerprint density at radius 2 is 1.02 bits per heavy atom. The highest BCUT2D eigenvalue weighted by molar-refractivity contribution is 7.76. The summed E-state index contributed by atoms with van der Waals surface area (Å²) in [5.74, 6) is 0.331. The Morgan fingerprint density at radius 1 is 0.604 bits per heavy atom. The van der Waals surface area contributed by atoms with Crippen molar-refractivity contribution < 1.29 is 36.9 Å². The third-order valence-corrected chi connectivity index (χ3v) is 13.7. The minimum Gasteiger partial charge on any atom is -1.00 e. The van der Waals surface area contributed by atoms with Crippen molar-refractivity contribution in [1.29, 1.82) is 0 Å². The Labute approximate surface area is 293 Å². The van der Waals surface area contributed by atoms with Crippen LogP contribution >= 0.6 is 7.26 Å². The molecule has 4 aromatic carbocycles. The van der Waals surface area contributed by atoms with Gasteiger partial charge >= 0.3 is 11.9 Å². The van der Waals surface area contributed by atoms with E-state index in [-0.39, 0.29) is 29.5 Å². The number of benzene rings is 4. The van der Waals surface area contributed by atoms with Crippen LogP contribution in [0.1, 0.15) is 96.8 Å². The lowest BCUT2D eigenvalue weighted by Gasteiger charge is -2.35. The summed E-state index contributed by atoms with van der Waals surface area (Å²) in [6.45, 7) is 6.77. The zero-order chi connectivity index (χ0) is 32.6. The molecule has 0 aliphatic rings. The summed E-state index contributed by atoms with van der Waals surface area (Å²) in [4.78, 5) is 27.0. The molecule has 0 aliphatic carbocycles. The summed E-state index contributed by atoms with van der Waals surface area (Å²) >= 11 is 0. The van der Waals surface area contributed by atoms with Gasteiger partial charge in [0.05, 0.1) is 29.6 Å². The second-order valence-corrected chi connectivity index (χ2v) is 16.2. The third kappa shape index (κ3) is 11.2. The fraction of sp³-hybridized carbons (Fsp3) is 0.317. The van der Waals surface area contributed by atoms with Crippen molar-refractivity contribution in [1.82, 2.24) is 0 Å². The lowest BCUT2D eigenvalue weighted by molar-refractivity contribution is -0.0000368. The molecule has 48 heavy (non-hydrogen) atoms. The molecule has 256 valence electrons. The minimum absolute atomic E-state index is 0. The average molecular weight is 689 g/mol. The summed E-state index contributed by atoms with van der Waals surface area (Å²) in [5, 5.41) is 0. The summed E-state index contributed by atoms with van der Waals surface area (Å²) < 4.78 is 12.5. The van der Waals surface area contributed by atoms with Crippen molar-refractivity contribution in [2.75, 3.05) is 18.5 Å². The maximum atomic E-state index is 13.6. The normalized spacial score (nSPS) is 11.9. The lowest BCUT2D eigenvalue weighted by atomic mass is 10.1. The molecule has 0 amide bonds. The maximum Gasteiger partial charge on any atom is 0.343 e. The van der Waals surface area contributed by atoms with Crippen LogP contribution < -0.4 is 17.1 Å². The van der Waals surface area contributed by atoms with Gasteiger partial charge in [-0.2, -0.15) is 0 Å². The van der Waals surface area contributed by atoms with Crippen LogP contribution in [0.3, 0.4) is 0 Å². The molecule has 0 heterocycles.